The van der Waals surface area contributed by atoms with E-state index in [4.69, 9.17) is 0 Å². The summed E-state index contributed by atoms with van der Waals surface area (Å²) in [6.45, 7) is 3.50. The molecule has 0 radical (unpaired) electrons. The fraction of sp³-hybridized carbons (Fsp3) is 0.235. The monoisotopic (exact) mass is 340 g/mol. The largest absolute Gasteiger partial charge is 0.315 e. The summed E-state index contributed by atoms with van der Waals surface area (Å²) in [5, 5.41) is 17.1. The highest BCUT2D eigenvalue weighted by atomic mass is 19.1. The minimum Gasteiger partial charge on any atom is -0.315 e. The first kappa shape index (κ1) is 15.5. The maximum atomic E-state index is 13.9. The van der Waals surface area contributed by atoms with E-state index in [0.717, 1.165) is 18.7 Å². The summed E-state index contributed by atoms with van der Waals surface area (Å²) in [4.78, 5) is 12.6. The highest BCUT2D eigenvalue weighted by Crippen LogP contribution is 2.26. The summed E-state index contributed by atoms with van der Waals surface area (Å²) >= 11 is 0. The summed E-state index contributed by atoms with van der Waals surface area (Å²) in [5.74, 6) is 0.165. The predicted octanol–water partition coefficient (Wildman–Crippen LogP) is 1.98. The second-order valence-electron chi connectivity index (χ2n) is 6.07. The SMILES string of the molecule is Cc1cn(-c2ccccc2F)nc1C(=O)Nc1[nH]ncc1C1CNC1. The normalized spacial score (nSPS) is 14.3. The first-order chi connectivity index (χ1) is 12.1. The fourth-order valence-corrected chi connectivity index (χ4v) is 2.83. The number of aromatic nitrogens is 4. The Morgan fingerprint density at radius 3 is 2.88 bits per heavy atom. The van der Waals surface area contributed by atoms with Crippen molar-refractivity contribution in [2.75, 3.05) is 18.4 Å². The van der Waals surface area contributed by atoms with E-state index in [-0.39, 0.29) is 11.6 Å². The van der Waals surface area contributed by atoms with E-state index in [9.17, 15) is 9.18 Å². The Kier molecular flexibility index (Phi) is 3.81. The number of nitrogens with one attached hydrogen (secondary N) is 3. The lowest BCUT2D eigenvalue weighted by Crippen LogP contribution is -2.40. The number of anilines is 1. The third kappa shape index (κ3) is 2.80. The molecule has 0 bridgehead atoms. The molecule has 4 rings (SSSR count). The number of rotatable bonds is 4. The Bertz CT molecular complexity index is 927. The predicted molar refractivity (Wildman–Crippen MR) is 90.4 cm³/mol. The Morgan fingerprint density at radius 1 is 1.36 bits per heavy atom. The van der Waals surface area contributed by atoms with Crippen molar-refractivity contribution in [3.8, 4) is 5.69 Å². The third-order valence-electron chi connectivity index (χ3n) is 4.34. The van der Waals surface area contributed by atoms with Crippen LogP contribution in [0.3, 0.4) is 0 Å². The molecule has 1 saturated heterocycles. The number of carbonyl (C=O) groups excluding carboxylic acids is 1. The number of aromatic amines is 1. The molecule has 3 N–H and O–H groups in total. The Hall–Kier alpha value is -3.00. The third-order valence-corrected chi connectivity index (χ3v) is 4.34. The summed E-state index contributed by atoms with van der Waals surface area (Å²) < 4.78 is 15.3. The van der Waals surface area contributed by atoms with Gasteiger partial charge in [-0.15, -0.1) is 0 Å². The highest BCUT2D eigenvalue weighted by molar-refractivity contribution is 6.03. The van der Waals surface area contributed by atoms with E-state index >= 15 is 0 Å². The number of H-pyrrole nitrogens is 1. The van der Waals surface area contributed by atoms with Gasteiger partial charge in [0, 0.05) is 36.3 Å². The van der Waals surface area contributed by atoms with E-state index in [1.54, 1.807) is 37.5 Å². The van der Waals surface area contributed by atoms with Gasteiger partial charge in [0.1, 0.15) is 17.3 Å². The van der Waals surface area contributed by atoms with E-state index < -0.39 is 5.82 Å². The molecule has 1 amide bonds. The van der Waals surface area contributed by atoms with Gasteiger partial charge >= 0.3 is 0 Å². The smallest absolute Gasteiger partial charge is 0.277 e. The molecule has 0 spiro atoms. The molecule has 8 heteroatoms. The number of hydrogen-bond donors (Lipinski definition) is 3. The van der Waals surface area contributed by atoms with Crippen molar-refractivity contribution >= 4 is 11.7 Å². The summed E-state index contributed by atoms with van der Waals surface area (Å²) in [6.07, 6.45) is 3.36. The molecule has 1 aliphatic heterocycles. The van der Waals surface area contributed by atoms with Crippen LogP contribution in [-0.2, 0) is 0 Å². The van der Waals surface area contributed by atoms with Crippen molar-refractivity contribution in [3.05, 3.63) is 59.3 Å². The standard InChI is InChI=1S/C17H17FN6O/c1-10-9-24(14-5-3-2-4-13(14)18)23-15(10)17(25)21-16-12(8-20-22-16)11-6-19-7-11/h2-5,8-9,11,19H,6-7H2,1H3,(H2,20,21,22,25). The van der Waals surface area contributed by atoms with Crippen LogP contribution in [0.25, 0.3) is 5.69 Å². The summed E-state index contributed by atoms with van der Waals surface area (Å²) in [5.41, 5.74) is 2.17. The molecular weight excluding hydrogens is 323 g/mol. The first-order valence-electron chi connectivity index (χ1n) is 8.00. The van der Waals surface area contributed by atoms with E-state index in [1.165, 1.54) is 10.7 Å². The number of hydrogen-bond acceptors (Lipinski definition) is 4. The summed E-state index contributed by atoms with van der Waals surface area (Å²) in [7, 11) is 0. The lowest BCUT2D eigenvalue weighted by atomic mass is 9.96. The van der Waals surface area contributed by atoms with Gasteiger partial charge in [-0.05, 0) is 19.1 Å². The van der Waals surface area contributed by atoms with Crippen LogP contribution < -0.4 is 10.6 Å². The van der Waals surface area contributed by atoms with E-state index in [0.29, 0.717) is 23.0 Å². The zero-order valence-electron chi connectivity index (χ0n) is 13.6. The topological polar surface area (TPSA) is 87.6 Å². The van der Waals surface area contributed by atoms with Gasteiger partial charge in [0.05, 0.1) is 6.20 Å². The van der Waals surface area contributed by atoms with Crippen molar-refractivity contribution in [2.45, 2.75) is 12.8 Å². The van der Waals surface area contributed by atoms with Gasteiger partial charge in [0.25, 0.3) is 5.91 Å². The Morgan fingerprint density at radius 2 is 2.16 bits per heavy atom. The number of carbonyl (C=O) groups is 1. The van der Waals surface area contributed by atoms with Crippen LogP contribution >= 0.6 is 0 Å². The molecule has 0 aliphatic carbocycles. The van der Waals surface area contributed by atoms with Gasteiger partial charge in [-0.25, -0.2) is 9.07 Å². The number of halogens is 1. The minimum absolute atomic E-state index is 0.246. The van der Waals surface area contributed by atoms with Crippen molar-refractivity contribution in [3.63, 3.8) is 0 Å². The van der Waals surface area contributed by atoms with E-state index in [1.807, 2.05) is 0 Å². The molecule has 0 saturated carbocycles. The van der Waals surface area contributed by atoms with Crippen LogP contribution in [0.1, 0.15) is 27.5 Å². The molecule has 128 valence electrons. The zero-order valence-corrected chi connectivity index (χ0v) is 13.6. The molecule has 2 aromatic heterocycles. The maximum Gasteiger partial charge on any atom is 0.277 e. The van der Waals surface area contributed by atoms with E-state index in [2.05, 4.69) is 25.9 Å². The Balaban J connectivity index is 1.59. The zero-order chi connectivity index (χ0) is 17.4. The summed E-state index contributed by atoms with van der Waals surface area (Å²) in [6, 6.07) is 6.30. The minimum atomic E-state index is -0.398. The van der Waals surface area contributed by atoms with Crippen molar-refractivity contribution in [1.29, 1.82) is 0 Å². The lowest BCUT2D eigenvalue weighted by molar-refractivity contribution is 0.102. The molecule has 0 atom stereocenters. The van der Waals surface area contributed by atoms with Crippen LogP contribution in [0, 0.1) is 12.7 Å². The van der Waals surface area contributed by atoms with Gasteiger partial charge in [-0.1, -0.05) is 12.1 Å². The molecule has 1 aromatic carbocycles. The molecule has 7 nitrogen and oxygen atoms in total. The first-order valence-corrected chi connectivity index (χ1v) is 8.00. The van der Waals surface area contributed by atoms with Crippen molar-refractivity contribution in [2.24, 2.45) is 0 Å². The molecule has 1 fully saturated rings. The van der Waals surface area contributed by atoms with Gasteiger partial charge < -0.3 is 10.6 Å². The lowest BCUT2D eigenvalue weighted by Gasteiger charge is -2.26. The average molecular weight is 340 g/mol. The van der Waals surface area contributed by atoms with Crippen LogP contribution in [0.5, 0.6) is 0 Å². The molecule has 0 unspecified atom stereocenters. The second-order valence-corrected chi connectivity index (χ2v) is 6.07. The Labute approximate surface area is 143 Å². The number of nitrogens with zero attached hydrogens (tertiary/aromatic N) is 3. The number of benzene rings is 1. The van der Waals surface area contributed by atoms with Crippen LogP contribution in [0.2, 0.25) is 0 Å². The van der Waals surface area contributed by atoms with Gasteiger partial charge in [0.15, 0.2) is 5.69 Å². The average Bonchev–Trinajstić information content (AvgIpc) is 3.13. The maximum absolute atomic E-state index is 13.9. The van der Waals surface area contributed by atoms with Crippen LogP contribution in [0.4, 0.5) is 10.2 Å². The second kappa shape index (κ2) is 6.14. The van der Waals surface area contributed by atoms with Gasteiger partial charge in [-0.2, -0.15) is 10.2 Å². The molecule has 1 aliphatic rings. The number of para-hydroxylation sites is 1. The van der Waals surface area contributed by atoms with Crippen molar-refractivity contribution in [1.82, 2.24) is 25.3 Å². The molecule has 25 heavy (non-hydrogen) atoms. The molecule has 3 aromatic rings. The molecule has 3 heterocycles. The fourth-order valence-electron chi connectivity index (χ4n) is 2.83. The number of aryl methyl sites for hydroxylation is 1. The van der Waals surface area contributed by atoms with Crippen LogP contribution in [-0.4, -0.2) is 39.0 Å². The molecular formula is C17H17FN6O. The van der Waals surface area contributed by atoms with Crippen LogP contribution in [0.15, 0.2) is 36.7 Å². The van der Waals surface area contributed by atoms with Gasteiger partial charge in [0.2, 0.25) is 0 Å². The highest BCUT2D eigenvalue weighted by Gasteiger charge is 2.25. The van der Waals surface area contributed by atoms with Crippen molar-refractivity contribution < 1.29 is 9.18 Å². The quantitative estimate of drug-likeness (QED) is 0.678. The van der Waals surface area contributed by atoms with Gasteiger partial charge in [-0.3, -0.25) is 9.89 Å². The number of amides is 1.